The number of likely N-dealkylation sites (tertiary alicyclic amines) is 1. The molecule has 5 heteroatoms. The number of carbonyl (C=O) groups is 1. The van der Waals surface area contributed by atoms with Gasteiger partial charge in [-0.25, -0.2) is 8.78 Å². The molecule has 1 aliphatic rings. The van der Waals surface area contributed by atoms with Crippen LogP contribution in [0, 0.1) is 11.6 Å². The average Bonchev–Trinajstić information content (AvgIpc) is 2.60. The molecule has 1 N–H and O–H groups in total. The standard InChI is InChI=1S/C16H21F2NO2/c1-16(21)7-3-9-19(11-8-16)10-6-14(20)12-4-2-5-13(17)15(12)18/h2,4-5,21H,3,6-11H2,1H3. The van der Waals surface area contributed by atoms with Crippen LogP contribution in [0.4, 0.5) is 8.78 Å². The molecule has 0 radical (unpaired) electrons. The van der Waals surface area contributed by atoms with Crippen LogP contribution in [0.15, 0.2) is 18.2 Å². The molecule has 1 atom stereocenters. The van der Waals surface area contributed by atoms with E-state index in [-0.39, 0.29) is 17.8 Å². The fourth-order valence-electron chi connectivity index (χ4n) is 2.66. The van der Waals surface area contributed by atoms with E-state index in [9.17, 15) is 18.7 Å². The van der Waals surface area contributed by atoms with Gasteiger partial charge >= 0.3 is 0 Å². The number of hydrogen-bond acceptors (Lipinski definition) is 3. The smallest absolute Gasteiger partial charge is 0.169 e. The maximum atomic E-state index is 13.5. The minimum Gasteiger partial charge on any atom is -0.390 e. The number of carbonyl (C=O) groups excluding carboxylic acids is 1. The van der Waals surface area contributed by atoms with Crippen LogP contribution < -0.4 is 0 Å². The molecule has 1 aromatic carbocycles. The summed E-state index contributed by atoms with van der Waals surface area (Å²) in [6.45, 7) is 3.86. The highest BCUT2D eigenvalue weighted by molar-refractivity contribution is 5.96. The first kappa shape index (κ1) is 16.0. The second kappa shape index (κ2) is 6.62. The lowest BCUT2D eigenvalue weighted by Gasteiger charge is -2.22. The van der Waals surface area contributed by atoms with E-state index in [2.05, 4.69) is 4.90 Å². The fourth-order valence-corrected chi connectivity index (χ4v) is 2.66. The van der Waals surface area contributed by atoms with Crippen LogP contribution in [0.3, 0.4) is 0 Å². The molecule has 0 aromatic heterocycles. The Balaban J connectivity index is 1.91. The second-order valence-corrected chi connectivity index (χ2v) is 5.97. The van der Waals surface area contributed by atoms with E-state index in [4.69, 9.17) is 0 Å². The number of benzene rings is 1. The van der Waals surface area contributed by atoms with Crippen LogP contribution in [0.5, 0.6) is 0 Å². The van der Waals surface area contributed by atoms with Gasteiger partial charge in [-0.1, -0.05) is 6.07 Å². The molecule has 0 amide bonds. The van der Waals surface area contributed by atoms with E-state index in [1.165, 1.54) is 12.1 Å². The summed E-state index contributed by atoms with van der Waals surface area (Å²) in [6.07, 6.45) is 2.43. The number of halogens is 2. The highest BCUT2D eigenvalue weighted by Crippen LogP contribution is 2.21. The van der Waals surface area contributed by atoms with Crippen molar-refractivity contribution < 1.29 is 18.7 Å². The first-order chi connectivity index (χ1) is 9.89. The zero-order chi connectivity index (χ0) is 15.5. The van der Waals surface area contributed by atoms with Crippen LogP contribution in [0.25, 0.3) is 0 Å². The predicted octanol–water partition coefficient (Wildman–Crippen LogP) is 2.77. The molecule has 2 rings (SSSR count). The summed E-state index contributed by atoms with van der Waals surface area (Å²) in [5.74, 6) is -2.45. The molecule has 1 saturated heterocycles. The molecule has 0 bridgehead atoms. The molecular weight excluding hydrogens is 276 g/mol. The van der Waals surface area contributed by atoms with E-state index in [1.54, 1.807) is 0 Å². The van der Waals surface area contributed by atoms with Gasteiger partial charge in [-0.15, -0.1) is 0 Å². The number of ketones is 1. The van der Waals surface area contributed by atoms with Crippen molar-refractivity contribution in [3.8, 4) is 0 Å². The van der Waals surface area contributed by atoms with Crippen molar-refractivity contribution in [2.45, 2.75) is 38.2 Å². The highest BCUT2D eigenvalue weighted by Gasteiger charge is 2.25. The van der Waals surface area contributed by atoms with E-state index >= 15 is 0 Å². The van der Waals surface area contributed by atoms with Gasteiger partial charge in [-0.2, -0.15) is 0 Å². The molecular formula is C16H21F2NO2. The summed E-state index contributed by atoms with van der Waals surface area (Å²) < 4.78 is 26.6. The largest absolute Gasteiger partial charge is 0.390 e. The zero-order valence-electron chi connectivity index (χ0n) is 12.2. The second-order valence-electron chi connectivity index (χ2n) is 5.97. The zero-order valence-corrected chi connectivity index (χ0v) is 12.2. The van der Waals surface area contributed by atoms with Crippen molar-refractivity contribution in [3.05, 3.63) is 35.4 Å². The maximum absolute atomic E-state index is 13.5. The third kappa shape index (κ3) is 4.32. The van der Waals surface area contributed by atoms with Crippen LogP contribution in [0.2, 0.25) is 0 Å². The molecule has 1 aliphatic heterocycles. The molecule has 1 unspecified atom stereocenters. The summed E-state index contributed by atoms with van der Waals surface area (Å²) in [7, 11) is 0. The minimum absolute atomic E-state index is 0.155. The monoisotopic (exact) mass is 297 g/mol. The van der Waals surface area contributed by atoms with Crippen molar-refractivity contribution in [1.29, 1.82) is 0 Å². The number of nitrogens with zero attached hydrogens (tertiary/aromatic N) is 1. The van der Waals surface area contributed by atoms with Gasteiger partial charge in [0.25, 0.3) is 0 Å². The van der Waals surface area contributed by atoms with Crippen molar-refractivity contribution in [2.24, 2.45) is 0 Å². The molecule has 1 fully saturated rings. The summed E-state index contributed by atoms with van der Waals surface area (Å²) in [6, 6.07) is 3.66. The van der Waals surface area contributed by atoms with E-state index in [0.29, 0.717) is 19.5 Å². The normalized spacial score (nSPS) is 23.8. The molecule has 0 aliphatic carbocycles. The quantitative estimate of drug-likeness (QED) is 0.869. The number of aliphatic hydroxyl groups is 1. The molecule has 0 saturated carbocycles. The number of hydrogen-bond donors (Lipinski definition) is 1. The first-order valence-electron chi connectivity index (χ1n) is 7.31. The first-order valence-corrected chi connectivity index (χ1v) is 7.31. The minimum atomic E-state index is -1.07. The Hall–Kier alpha value is -1.33. The average molecular weight is 297 g/mol. The SMILES string of the molecule is CC1(O)CCCN(CCC(=O)c2cccc(F)c2F)CC1. The van der Waals surface area contributed by atoms with Crippen molar-refractivity contribution >= 4 is 5.78 Å². The van der Waals surface area contributed by atoms with Gasteiger partial charge in [0.15, 0.2) is 17.4 Å². The van der Waals surface area contributed by atoms with Gasteiger partial charge in [0.05, 0.1) is 11.2 Å². The van der Waals surface area contributed by atoms with Crippen molar-refractivity contribution in [2.75, 3.05) is 19.6 Å². The summed E-state index contributed by atoms with van der Waals surface area (Å²) in [5, 5.41) is 10.0. The summed E-state index contributed by atoms with van der Waals surface area (Å²) >= 11 is 0. The molecule has 3 nitrogen and oxygen atoms in total. The van der Waals surface area contributed by atoms with Crippen LogP contribution in [-0.2, 0) is 0 Å². The van der Waals surface area contributed by atoms with Crippen molar-refractivity contribution in [1.82, 2.24) is 4.90 Å². The van der Waals surface area contributed by atoms with E-state index < -0.39 is 17.2 Å². The lowest BCUT2D eigenvalue weighted by atomic mass is 9.98. The van der Waals surface area contributed by atoms with Gasteiger partial charge in [0, 0.05) is 19.5 Å². The molecule has 1 aromatic rings. The lowest BCUT2D eigenvalue weighted by molar-refractivity contribution is 0.0446. The third-order valence-electron chi connectivity index (χ3n) is 4.06. The fraction of sp³-hybridized carbons (Fsp3) is 0.562. The van der Waals surface area contributed by atoms with Gasteiger partial charge in [0.1, 0.15) is 0 Å². The molecule has 116 valence electrons. The Labute approximate surface area is 123 Å². The Morgan fingerprint density at radius 2 is 2.10 bits per heavy atom. The van der Waals surface area contributed by atoms with Crippen LogP contribution >= 0.6 is 0 Å². The van der Waals surface area contributed by atoms with Gasteiger partial charge in [-0.05, 0) is 44.9 Å². The van der Waals surface area contributed by atoms with Crippen LogP contribution in [0.1, 0.15) is 43.0 Å². The van der Waals surface area contributed by atoms with E-state index in [1.807, 2.05) is 6.92 Å². The maximum Gasteiger partial charge on any atom is 0.169 e. The molecule has 0 spiro atoms. The topological polar surface area (TPSA) is 40.5 Å². The van der Waals surface area contributed by atoms with Gasteiger partial charge < -0.3 is 10.0 Å². The van der Waals surface area contributed by atoms with Gasteiger partial charge in [0.2, 0.25) is 0 Å². The number of rotatable bonds is 4. The Morgan fingerprint density at radius 3 is 2.86 bits per heavy atom. The van der Waals surface area contributed by atoms with Gasteiger partial charge in [-0.3, -0.25) is 4.79 Å². The summed E-state index contributed by atoms with van der Waals surface area (Å²) in [4.78, 5) is 14.1. The Morgan fingerprint density at radius 1 is 1.33 bits per heavy atom. The third-order valence-corrected chi connectivity index (χ3v) is 4.06. The van der Waals surface area contributed by atoms with E-state index in [0.717, 1.165) is 25.5 Å². The Kier molecular flexibility index (Phi) is 5.06. The van der Waals surface area contributed by atoms with Crippen LogP contribution in [-0.4, -0.2) is 41.0 Å². The number of Topliss-reactive ketones (excluding diaryl/α,β-unsaturated/α-hetero) is 1. The van der Waals surface area contributed by atoms with Crippen molar-refractivity contribution in [3.63, 3.8) is 0 Å². The molecule has 21 heavy (non-hydrogen) atoms. The Bertz CT molecular complexity index is 517. The molecule has 1 heterocycles. The lowest BCUT2D eigenvalue weighted by Crippen LogP contribution is -2.30. The predicted molar refractivity (Wildman–Crippen MR) is 76.2 cm³/mol. The summed E-state index contributed by atoms with van der Waals surface area (Å²) in [5.41, 5.74) is -0.829. The highest BCUT2D eigenvalue weighted by atomic mass is 19.2.